The van der Waals surface area contributed by atoms with Crippen LogP contribution in [0.5, 0.6) is 0 Å². The van der Waals surface area contributed by atoms with Gasteiger partial charge in [-0.15, -0.1) is 0 Å². The Morgan fingerprint density at radius 3 is 2.17 bits per heavy atom. The molecular weight excluding hydrogens is 392 g/mol. The van der Waals surface area contributed by atoms with Crippen LogP contribution in [0.4, 0.5) is 4.79 Å². The Bertz CT molecular complexity index is 435. The molecule has 180 valence electrons. The summed E-state index contributed by atoms with van der Waals surface area (Å²) < 4.78 is 12.1. The van der Waals surface area contributed by atoms with Crippen LogP contribution in [0.15, 0.2) is 0 Å². The normalized spacial score (nSPS) is 13.5. The number of hydrogen-bond acceptors (Lipinski definition) is 4. The molecule has 1 atom stereocenters. The average molecular weight is 445 g/mol. The summed E-state index contributed by atoms with van der Waals surface area (Å²) in [5.74, 6) is 0. The van der Waals surface area contributed by atoms with Gasteiger partial charge in [-0.3, -0.25) is 0 Å². The molecule has 1 unspecified atom stereocenters. The lowest BCUT2D eigenvalue weighted by atomic mass is 10.1. The molecule has 0 fully saturated rings. The van der Waals surface area contributed by atoms with Gasteiger partial charge in [0.1, 0.15) is 6.10 Å². The fourth-order valence-electron chi connectivity index (χ4n) is 3.14. The second-order valence-electron chi connectivity index (χ2n) is 9.93. The zero-order valence-electron chi connectivity index (χ0n) is 21.4. The lowest BCUT2D eigenvalue weighted by molar-refractivity contribution is 0.0810. The zero-order chi connectivity index (χ0) is 23.0. The summed E-state index contributed by atoms with van der Waals surface area (Å²) in [6.45, 7) is 22.5. The van der Waals surface area contributed by atoms with Gasteiger partial charge in [0.15, 0.2) is 8.32 Å². The molecule has 0 saturated heterocycles. The van der Waals surface area contributed by atoms with Gasteiger partial charge in [-0.05, 0) is 69.9 Å². The first kappa shape index (κ1) is 29.4. The molecule has 30 heavy (non-hydrogen) atoms. The molecular formula is C24H52N2O3Si. The Morgan fingerprint density at radius 1 is 0.967 bits per heavy atom. The summed E-state index contributed by atoms with van der Waals surface area (Å²) in [4.78, 5) is 14.6. The second kappa shape index (κ2) is 16.1. The molecule has 0 aromatic carbocycles. The monoisotopic (exact) mass is 444 g/mol. The molecule has 1 amide bonds. The first-order valence-corrected chi connectivity index (χ1v) is 15.3. The maximum atomic E-state index is 12.3. The van der Waals surface area contributed by atoms with Crippen LogP contribution < -0.4 is 5.32 Å². The van der Waals surface area contributed by atoms with E-state index in [0.29, 0.717) is 6.54 Å². The van der Waals surface area contributed by atoms with Crippen molar-refractivity contribution in [1.82, 2.24) is 10.2 Å². The van der Waals surface area contributed by atoms with Gasteiger partial charge in [0.25, 0.3) is 0 Å². The van der Waals surface area contributed by atoms with Crippen molar-refractivity contribution >= 4 is 14.4 Å². The summed E-state index contributed by atoms with van der Waals surface area (Å²) in [6.07, 6.45) is 8.27. The van der Waals surface area contributed by atoms with Crippen LogP contribution in [-0.4, -0.2) is 58.2 Å². The fourth-order valence-corrected chi connectivity index (χ4v) is 4.23. The minimum Gasteiger partial charge on any atom is -0.446 e. The molecule has 0 saturated carbocycles. The number of hydrogen-bond donors (Lipinski definition) is 1. The van der Waals surface area contributed by atoms with E-state index >= 15 is 0 Å². The molecule has 0 aromatic rings. The first-order chi connectivity index (χ1) is 14.1. The Labute approximate surface area is 188 Å². The molecule has 1 N–H and O–H groups in total. The molecule has 0 heterocycles. The maximum Gasteiger partial charge on any atom is 0.407 e. The van der Waals surface area contributed by atoms with Gasteiger partial charge in [-0.25, -0.2) is 4.79 Å². The number of nitrogens with zero attached hydrogens (tertiary/aromatic N) is 1. The van der Waals surface area contributed by atoms with E-state index < -0.39 is 8.32 Å². The van der Waals surface area contributed by atoms with Crippen LogP contribution in [0, 0.1) is 0 Å². The van der Waals surface area contributed by atoms with Gasteiger partial charge in [0.2, 0.25) is 0 Å². The van der Waals surface area contributed by atoms with E-state index in [9.17, 15) is 4.79 Å². The smallest absolute Gasteiger partial charge is 0.407 e. The third-order valence-corrected chi connectivity index (χ3v) is 10.9. The predicted octanol–water partition coefficient (Wildman–Crippen LogP) is 6.59. The van der Waals surface area contributed by atoms with E-state index in [2.05, 4.69) is 64.9 Å². The van der Waals surface area contributed by atoms with Gasteiger partial charge in [0.05, 0.1) is 0 Å². The zero-order valence-corrected chi connectivity index (χ0v) is 22.4. The van der Waals surface area contributed by atoms with Crippen molar-refractivity contribution in [2.45, 2.75) is 117 Å². The van der Waals surface area contributed by atoms with Gasteiger partial charge in [0, 0.05) is 13.2 Å². The fraction of sp³-hybridized carbons (Fsp3) is 0.958. The van der Waals surface area contributed by atoms with E-state index in [1.165, 1.54) is 19.3 Å². The quantitative estimate of drug-likeness (QED) is 0.203. The van der Waals surface area contributed by atoms with Crippen LogP contribution in [0.3, 0.4) is 0 Å². The van der Waals surface area contributed by atoms with Crippen molar-refractivity contribution in [2.24, 2.45) is 0 Å². The molecule has 0 aliphatic carbocycles. The predicted molar refractivity (Wildman–Crippen MR) is 132 cm³/mol. The Balaban J connectivity index is 4.36. The molecule has 6 heteroatoms. The summed E-state index contributed by atoms with van der Waals surface area (Å²) in [7, 11) is -1.71. The van der Waals surface area contributed by atoms with E-state index in [0.717, 1.165) is 58.3 Å². The van der Waals surface area contributed by atoms with Crippen LogP contribution in [0.25, 0.3) is 0 Å². The molecule has 5 nitrogen and oxygen atoms in total. The third-order valence-electron chi connectivity index (χ3n) is 6.41. The van der Waals surface area contributed by atoms with Crippen molar-refractivity contribution < 1.29 is 14.0 Å². The Hall–Kier alpha value is -0.593. The number of nitrogens with one attached hydrogen (secondary N) is 1. The highest BCUT2D eigenvalue weighted by atomic mass is 28.4. The van der Waals surface area contributed by atoms with E-state index in [-0.39, 0.29) is 17.2 Å². The van der Waals surface area contributed by atoms with Crippen molar-refractivity contribution in [3.8, 4) is 0 Å². The highest BCUT2D eigenvalue weighted by Gasteiger charge is 2.36. The van der Waals surface area contributed by atoms with Crippen LogP contribution >= 0.6 is 0 Å². The minimum absolute atomic E-state index is 0.00680. The van der Waals surface area contributed by atoms with E-state index in [1.807, 2.05) is 0 Å². The molecule has 0 aliphatic heterocycles. The van der Waals surface area contributed by atoms with Crippen LogP contribution in [0.1, 0.15) is 92.9 Å². The standard InChI is InChI=1S/C24H52N2O3Si/c1-9-12-13-14-17-22(18-15-21-28-30(7,8)24(4,5)6)29-23(27)25-19-16-20-26(10-2)11-3/h22H,9-21H2,1-8H3,(H,25,27). The molecule has 0 spiro atoms. The van der Waals surface area contributed by atoms with Crippen molar-refractivity contribution in [2.75, 3.05) is 32.8 Å². The topological polar surface area (TPSA) is 50.8 Å². The van der Waals surface area contributed by atoms with Gasteiger partial charge in [-0.1, -0.05) is 60.8 Å². The number of alkyl carbamates (subject to hydrolysis) is 1. The summed E-state index contributed by atoms with van der Waals surface area (Å²) >= 11 is 0. The average Bonchev–Trinajstić information content (AvgIpc) is 2.67. The number of unbranched alkanes of at least 4 members (excludes halogenated alkanes) is 3. The number of carbonyl (C=O) groups excluding carboxylic acids is 1. The van der Waals surface area contributed by atoms with E-state index in [1.54, 1.807) is 0 Å². The molecule has 0 aromatic heterocycles. The lowest BCUT2D eigenvalue weighted by Crippen LogP contribution is -2.41. The number of rotatable bonds is 17. The second-order valence-corrected chi connectivity index (χ2v) is 14.7. The van der Waals surface area contributed by atoms with Crippen molar-refractivity contribution in [1.29, 1.82) is 0 Å². The Morgan fingerprint density at radius 2 is 1.60 bits per heavy atom. The molecule has 0 rings (SSSR count). The minimum atomic E-state index is -1.71. The number of carbonyl (C=O) groups is 1. The number of ether oxygens (including phenoxy) is 1. The maximum absolute atomic E-state index is 12.3. The Kier molecular flexibility index (Phi) is 15.8. The number of amides is 1. The first-order valence-electron chi connectivity index (χ1n) is 12.4. The van der Waals surface area contributed by atoms with Gasteiger partial charge < -0.3 is 19.4 Å². The largest absolute Gasteiger partial charge is 0.446 e. The van der Waals surface area contributed by atoms with Gasteiger partial charge in [-0.2, -0.15) is 0 Å². The van der Waals surface area contributed by atoms with Crippen molar-refractivity contribution in [3.63, 3.8) is 0 Å². The highest BCUT2D eigenvalue weighted by molar-refractivity contribution is 6.74. The highest BCUT2D eigenvalue weighted by Crippen LogP contribution is 2.36. The third kappa shape index (κ3) is 13.7. The summed E-state index contributed by atoms with van der Waals surface area (Å²) in [6, 6.07) is 0. The van der Waals surface area contributed by atoms with Crippen LogP contribution in [0.2, 0.25) is 18.1 Å². The van der Waals surface area contributed by atoms with Crippen molar-refractivity contribution in [3.05, 3.63) is 0 Å². The lowest BCUT2D eigenvalue weighted by Gasteiger charge is -2.36. The molecule has 0 aliphatic rings. The van der Waals surface area contributed by atoms with E-state index in [4.69, 9.17) is 9.16 Å². The summed E-state index contributed by atoms with van der Waals surface area (Å²) in [5.41, 5.74) is 0. The summed E-state index contributed by atoms with van der Waals surface area (Å²) in [5, 5.41) is 3.17. The molecule has 0 bridgehead atoms. The van der Waals surface area contributed by atoms with Crippen LogP contribution in [-0.2, 0) is 9.16 Å². The van der Waals surface area contributed by atoms with Gasteiger partial charge >= 0.3 is 6.09 Å². The SMILES string of the molecule is CCCCCCC(CCCO[Si](C)(C)C(C)(C)C)OC(=O)NCCCN(CC)CC. The molecule has 0 radical (unpaired) electrons.